The van der Waals surface area contributed by atoms with Crippen LogP contribution in [0, 0.1) is 5.82 Å². The predicted octanol–water partition coefficient (Wildman–Crippen LogP) is 2.71. The van der Waals surface area contributed by atoms with Gasteiger partial charge in [-0.1, -0.05) is 18.2 Å². The Bertz CT molecular complexity index is 583. The van der Waals surface area contributed by atoms with Gasteiger partial charge in [0.25, 0.3) is 5.91 Å². The van der Waals surface area contributed by atoms with E-state index in [9.17, 15) is 9.18 Å². The Labute approximate surface area is 116 Å². The number of furan rings is 1. The second-order valence-electron chi connectivity index (χ2n) is 4.57. The highest BCUT2D eigenvalue weighted by molar-refractivity contribution is 5.91. The second kappa shape index (κ2) is 5.88. The minimum atomic E-state index is -0.951. The molecule has 1 heterocycles. The number of halogens is 1. The van der Waals surface area contributed by atoms with Crippen molar-refractivity contribution in [1.82, 2.24) is 5.32 Å². The Morgan fingerprint density at radius 1 is 1.35 bits per heavy atom. The maximum absolute atomic E-state index is 13.9. The second-order valence-corrected chi connectivity index (χ2v) is 4.57. The molecule has 0 aliphatic carbocycles. The van der Waals surface area contributed by atoms with Gasteiger partial charge in [-0.3, -0.25) is 4.79 Å². The Balaban J connectivity index is 2.12. The molecule has 1 aromatic heterocycles. The molecule has 1 aromatic carbocycles. The summed E-state index contributed by atoms with van der Waals surface area (Å²) in [7, 11) is 1.48. The van der Waals surface area contributed by atoms with Crippen molar-refractivity contribution in [3.8, 4) is 0 Å². The van der Waals surface area contributed by atoms with E-state index in [0.717, 1.165) is 0 Å². The third kappa shape index (κ3) is 2.88. The van der Waals surface area contributed by atoms with Crippen LogP contribution in [0.2, 0.25) is 0 Å². The quantitative estimate of drug-likeness (QED) is 0.914. The first-order chi connectivity index (χ1) is 9.57. The lowest BCUT2D eigenvalue weighted by Gasteiger charge is -2.29. The summed E-state index contributed by atoms with van der Waals surface area (Å²) in [5, 5.41) is 2.68. The van der Waals surface area contributed by atoms with Crippen LogP contribution in [0.4, 0.5) is 4.39 Å². The molecular formula is C15H16FNO3. The van der Waals surface area contributed by atoms with Crippen molar-refractivity contribution in [3.05, 3.63) is 59.8 Å². The molecule has 20 heavy (non-hydrogen) atoms. The van der Waals surface area contributed by atoms with Crippen molar-refractivity contribution in [2.45, 2.75) is 12.5 Å². The predicted molar refractivity (Wildman–Crippen MR) is 71.8 cm³/mol. The van der Waals surface area contributed by atoms with E-state index in [1.807, 2.05) is 0 Å². The molecule has 0 unspecified atom stereocenters. The summed E-state index contributed by atoms with van der Waals surface area (Å²) in [5.74, 6) is -0.532. The molecule has 0 radical (unpaired) electrons. The van der Waals surface area contributed by atoms with E-state index >= 15 is 0 Å². The van der Waals surface area contributed by atoms with Gasteiger partial charge in [0.15, 0.2) is 5.76 Å². The van der Waals surface area contributed by atoms with Crippen LogP contribution >= 0.6 is 0 Å². The first kappa shape index (κ1) is 14.3. The molecule has 0 aliphatic rings. The third-order valence-electron chi connectivity index (χ3n) is 3.23. The van der Waals surface area contributed by atoms with Crippen LogP contribution in [0.3, 0.4) is 0 Å². The molecule has 4 nitrogen and oxygen atoms in total. The number of ether oxygens (including phenoxy) is 1. The Kier molecular flexibility index (Phi) is 4.20. The number of benzene rings is 1. The molecule has 1 N–H and O–H groups in total. The SMILES string of the molecule is CO[C@](C)(CNC(=O)c1ccco1)c1ccccc1F. The number of hydrogen-bond acceptors (Lipinski definition) is 3. The first-order valence-corrected chi connectivity index (χ1v) is 6.19. The summed E-state index contributed by atoms with van der Waals surface area (Å²) >= 11 is 0. The zero-order valence-electron chi connectivity index (χ0n) is 11.4. The molecule has 0 saturated heterocycles. The van der Waals surface area contributed by atoms with E-state index < -0.39 is 5.60 Å². The molecule has 106 valence electrons. The average molecular weight is 277 g/mol. The van der Waals surface area contributed by atoms with Crippen molar-refractivity contribution >= 4 is 5.91 Å². The van der Waals surface area contributed by atoms with Gasteiger partial charge in [-0.15, -0.1) is 0 Å². The monoisotopic (exact) mass is 277 g/mol. The van der Waals surface area contributed by atoms with Crippen LogP contribution in [0.25, 0.3) is 0 Å². The van der Waals surface area contributed by atoms with Crippen LogP contribution in [-0.2, 0) is 10.3 Å². The van der Waals surface area contributed by atoms with E-state index in [4.69, 9.17) is 9.15 Å². The molecule has 1 amide bonds. The summed E-state index contributed by atoms with van der Waals surface area (Å²) in [4.78, 5) is 11.8. The van der Waals surface area contributed by atoms with Gasteiger partial charge in [0.2, 0.25) is 0 Å². The van der Waals surface area contributed by atoms with Gasteiger partial charge in [-0.05, 0) is 25.1 Å². The highest BCUT2D eigenvalue weighted by Gasteiger charge is 2.30. The van der Waals surface area contributed by atoms with E-state index in [1.165, 1.54) is 19.4 Å². The summed E-state index contributed by atoms with van der Waals surface area (Å²) in [5.41, 5.74) is -0.560. The number of hydrogen-bond donors (Lipinski definition) is 1. The fourth-order valence-corrected chi connectivity index (χ4v) is 1.91. The normalized spacial score (nSPS) is 13.8. The van der Waals surface area contributed by atoms with Crippen LogP contribution in [-0.4, -0.2) is 19.6 Å². The van der Waals surface area contributed by atoms with Gasteiger partial charge in [0.1, 0.15) is 11.4 Å². The van der Waals surface area contributed by atoms with Crippen molar-refractivity contribution in [2.75, 3.05) is 13.7 Å². The number of methoxy groups -OCH3 is 1. The Hall–Kier alpha value is -2.14. The summed E-state index contributed by atoms with van der Waals surface area (Å²) in [6.45, 7) is 1.85. The molecule has 0 aliphatic heterocycles. The lowest BCUT2D eigenvalue weighted by Crippen LogP contribution is -2.40. The van der Waals surface area contributed by atoms with E-state index in [-0.39, 0.29) is 24.0 Å². The van der Waals surface area contributed by atoms with Gasteiger partial charge in [-0.25, -0.2) is 4.39 Å². The van der Waals surface area contributed by atoms with Gasteiger partial charge < -0.3 is 14.5 Å². The van der Waals surface area contributed by atoms with Crippen molar-refractivity contribution < 1.29 is 18.3 Å². The molecule has 0 spiro atoms. The summed E-state index contributed by atoms with van der Waals surface area (Å²) < 4.78 is 24.2. The highest BCUT2D eigenvalue weighted by atomic mass is 19.1. The van der Waals surface area contributed by atoms with Gasteiger partial charge in [0.05, 0.1) is 12.8 Å². The lowest BCUT2D eigenvalue weighted by molar-refractivity contribution is 0.000186. The van der Waals surface area contributed by atoms with E-state index in [1.54, 1.807) is 37.3 Å². The third-order valence-corrected chi connectivity index (χ3v) is 3.23. The van der Waals surface area contributed by atoms with Gasteiger partial charge in [-0.2, -0.15) is 0 Å². The minimum Gasteiger partial charge on any atom is -0.459 e. The fourth-order valence-electron chi connectivity index (χ4n) is 1.91. The van der Waals surface area contributed by atoms with E-state index in [2.05, 4.69) is 5.32 Å². The molecular weight excluding hydrogens is 261 g/mol. The van der Waals surface area contributed by atoms with Crippen molar-refractivity contribution in [2.24, 2.45) is 0 Å². The van der Waals surface area contributed by atoms with Crippen LogP contribution < -0.4 is 5.32 Å². The standard InChI is InChI=1S/C15H16FNO3/c1-15(19-2,11-6-3-4-7-12(11)16)10-17-14(18)13-8-5-9-20-13/h3-9H,10H2,1-2H3,(H,17,18)/t15-/m1/s1. The Morgan fingerprint density at radius 2 is 2.10 bits per heavy atom. The first-order valence-electron chi connectivity index (χ1n) is 6.19. The van der Waals surface area contributed by atoms with Crippen LogP contribution in [0.15, 0.2) is 47.1 Å². The lowest BCUT2D eigenvalue weighted by atomic mass is 9.95. The average Bonchev–Trinajstić information content (AvgIpc) is 2.99. The number of carbonyl (C=O) groups is 1. The minimum absolute atomic E-state index is 0.129. The number of rotatable bonds is 5. The number of carbonyl (C=O) groups excluding carboxylic acids is 1. The van der Waals surface area contributed by atoms with Crippen molar-refractivity contribution in [3.63, 3.8) is 0 Å². The van der Waals surface area contributed by atoms with Crippen molar-refractivity contribution in [1.29, 1.82) is 0 Å². The molecule has 2 aromatic rings. The smallest absolute Gasteiger partial charge is 0.287 e. The maximum Gasteiger partial charge on any atom is 0.287 e. The van der Waals surface area contributed by atoms with Crippen LogP contribution in [0.5, 0.6) is 0 Å². The number of amides is 1. The molecule has 5 heteroatoms. The van der Waals surface area contributed by atoms with Gasteiger partial charge in [0, 0.05) is 12.7 Å². The van der Waals surface area contributed by atoms with Gasteiger partial charge >= 0.3 is 0 Å². The Morgan fingerprint density at radius 3 is 2.70 bits per heavy atom. The van der Waals surface area contributed by atoms with Crippen LogP contribution in [0.1, 0.15) is 23.0 Å². The molecule has 0 fully saturated rings. The largest absolute Gasteiger partial charge is 0.459 e. The number of nitrogens with one attached hydrogen (secondary N) is 1. The van der Waals surface area contributed by atoms with E-state index in [0.29, 0.717) is 5.56 Å². The molecule has 0 bridgehead atoms. The zero-order valence-corrected chi connectivity index (χ0v) is 11.4. The maximum atomic E-state index is 13.9. The molecule has 0 saturated carbocycles. The zero-order chi connectivity index (χ0) is 14.6. The summed E-state index contributed by atoms with van der Waals surface area (Å²) in [6.07, 6.45) is 1.42. The fraction of sp³-hybridized carbons (Fsp3) is 0.267. The topological polar surface area (TPSA) is 51.5 Å². The molecule has 2 rings (SSSR count). The summed E-state index contributed by atoms with van der Waals surface area (Å²) in [6, 6.07) is 9.52. The molecule has 1 atom stereocenters. The highest BCUT2D eigenvalue weighted by Crippen LogP contribution is 2.26.